The molecule has 5 atom stereocenters. The molecule has 2 saturated heterocycles. The highest BCUT2D eigenvalue weighted by atomic mass is 16.8. The second-order valence-corrected chi connectivity index (χ2v) is 6.14. The summed E-state index contributed by atoms with van der Waals surface area (Å²) in [5.74, 6) is -0.784. The van der Waals surface area contributed by atoms with Crippen LogP contribution in [0.2, 0.25) is 0 Å². The fourth-order valence-corrected chi connectivity index (χ4v) is 3.71. The molecule has 7 heteroatoms. The molecule has 0 aromatic heterocycles. The molecule has 3 aliphatic rings. The Labute approximate surface area is 129 Å². The van der Waals surface area contributed by atoms with Crippen LogP contribution in [-0.4, -0.2) is 62.8 Å². The molecule has 7 nitrogen and oxygen atoms in total. The Kier molecular flexibility index (Phi) is 5.30. The van der Waals surface area contributed by atoms with Crippen LogP contribution in [-0.2, 0) is 28.5 Å². The number of carbonyl (C=O) groups excluding carboxylic acids is 1. The molecule has 3 rings (SSSR count). The minimum absolute atomic E-state index is 0.124. The van der Waals surface area contributed by atoms with Gasteiger partial charge < -0.3 is 28.8 Å². The lowest BCUT2D eigenvalue weighted by atomic mass is 9.89. The van der Waals surface area contributed by atoms with Gasteiger partial charge in [-0.3, -0.25) is 4.79 Å². The molecule has 0 spiro atoms. The van der Waals surface area contributed by atoms with Gasteiger partial charge in [-0.2, -0.15) is 0 Å². The first-order valence-corrected chi connectivity index (χ1v) is 7.90. The van der Waals surface area contributed by atoms with Crippen molar-refractivity contribution in [2.24, 2.45) is 11.8 Å². The van der Waals surface area contributed by atoms with E-state index in [1.165, 1.54) is 0 Å². The van der Waals surface area contributed by atoms with E-state index >= 15 is 0 Å². The predicted molar refractivity (Wildman–Crippen MR) is 73.8 cm³/mol. The van der Waals surface area contributed by atoms with Crippen molar-refractivity contribution in [2.75, 3.05) is 27.1 Å². The van der Waals surface area contributed by atoms with Crippen LogP contribution >= 0.6 is 0 Å². The number of fused-ring (bicyclic) bond motifs is 1. The Hall–Kier alpha value is -0.730. The largest absolute Gasteiger partial charge is 0.438 e. The molecule has 0 radical (unpaired) electrons. The molecule has 1 unspecified atom stereocenters. The highest BCUT2D eigenvalue weighted by Gasteiger charge is 2.50. The third-order valence-electron chi connectivity index (χ3n) is 4.83. The zero-order valence-electron chi connectivity index (χ0n) is 12.8. The number of hydrogen-bond donors (Lipinski definition) is 1. The van der Waals surface area contributed by atoms with Gasteiger partial charge >= 0.3 is 5.97 Å². The highest BCUT2D eigenvalue weighted by Crippen LogP contribution is 2.42. The summed E-state index contributed by atoms with van der Waals surface area (Å²) in [5, 5.41) is 10.3. The van der Waals surface area contributed by atoms with E-state index in [0.29, 0.717) is 19.6 Å². The molecule has 0 amide bonds. The minimum Gasteiger partial charge on any atom is -0.438 e. The second kappa shape index (κ2) is 7.23. The Morgan fingerprint density at radius 3 is 2.77 bits per heavy atom. The summed E-state index contributed by atoms with van der Waals surface area (Å²) in [6.45, 7) is 1.27. The van der Waals surface area contributed by atoms with Crippen LogP contribution in [0.4, 0.5) is 0 Å². The van der Waals surface area contributed by atoms with Crippen molar-refractivity contribution in [3.05, 3.63) is 0 Å². The molecule has 0 aromatic carbocycles. The van der Waals surface area contributed by atoms with Gasteiger partial charge in [0, 0.05) is 38.6 Å². The number of esters is 1. The number of carbonyl (C=O) groups is 1. The molecular weight excluding hydrogens is 292 g/mol. The topological polar surface area (TPSA) is 83.5 Å². The van der Waals surface area contributed by atoms with Crippen LogP contribution in [0.5, 0.6) is 0 Å². The van der Waals surface area contributed by atoms with E-state index < -0.39 is 12.4 Å². The normalized spacial score (nSPS) is 40.6. The van der Waals surface area contributed by atoms with Crippen molar-refractivity contribution in [3.8, 4) is 0 Å². The maximum Gasteiger partial charge on any atom is 0.308 e. The smallest absolute Gasteiger partial charge is 0.308 e. The first-order chi connectivity index (χ1) is 10.7. The standard InChI is InChI=1S/C15H24O7/c1-18-15-14-10(6-13(17)20-8-21-15)11(16)7-12(14)22-9-2-4-19-5-3-9/h9-12,14-16H,2-8H2,1H3/t10-,11+,12-,14-,15?/m0/s1. The summed E-state index contributed by atoms with van der Waals surface area (Å²) < 4.78 is 27.4. The molecular formula is C15H24O7. The molecule has 1 saturated carbocycles. The van der Waals surface area contributed by atoms with E-state index in [9.17, 15) is 9.90 Å². The number of methoxy groups -OCH3 is 1. The summed E-state index contributed by atoms with van der Waals surface area (Å²) in [6, 6.07) is 0. The molecule has 1 aliphatic carbocycles. The zero-order valence-corrected chi connectivity index (χ0v) is 12.8. The number of ether oxygens (including phenoxy) is 5. The highest BCUT2D eigenvalue weighted by molar-refractivity contribution is 5.69. The SMILES string of the molecule is COC1OCOC(=O)C[C@@H]2[C@H]1[C@@H](OC1CCOCC1)C[C@H]2O. The molecule has 2 aliphatic heterocycles. The van der Waals surface area contributed by atoms with Crippen LogP contribution < -0.4 is 0 Å². The Balaban J connectivity index is 1.73. The van der Waals surface area contributed by atoms with Gasteiger partial charge in [-0.15, -0.1) is 0 Å². The van der Waals surface area contributed by atoms with Crippen LogP contribution in [0.25, 0.3) is 0 Å². The van der Waals surface area contributed by atoms with Crippen molar-refractivity contribution in [2.45, 2.75) is 50.3 Å². The molecule has 22 heavy (non-hydrogen) atoms. The third-order valence-corrected chi connectivity index (χ3v) is 4.83. The van der Waals surface area contributed by atoms with Crippen LogP contribution in [0.1, 0.15) is 25.7 Å². The van der Waals surface area contributed by atoms with E-state index in [0.717, 1.165) is 12.8 Å². The predicted octanol–water partition coefficient (Wildman–Crippen LogP) is 0.441. The van der Waals surface area contributed by atoms with Crippen LogP contribution in [0.15, 0.2) is 0 Å². The zero-order chi connectivity index (χ0) is 15.5. The number of hydrogen-bond acceptors (Lipinski definition) is 7. The Morgan fingerprint density at radius 1 is 1.27 bits per heavy atom. The summed E-state index contributed by atoms with van der Waals surface area (Å²) in [5.41, 5.74) is 0. The maximum atomic E-state index is 11.7. The molecule has 1 N–H and O–H groups in total. The third kappa shape index (κ3) is 3.44. The van der Waals surface area contributed by atoms with E-state index in [1.54, 1.807) is 7.11 Å². The summed E-state index contributed by atoms with van der Waals surface area (Å²) in [7, 11) is 1.56. The van der Waals surface area contributed by atoms with E-state index in [-0.39, 0.29) is 43.2 Å². The van der Waals surface area contributed by atoms with Gasteiger partial charge in [-0.25, -0.2) is 0 Å². The quantitative estimate of drug-likeness (QED) is 0.756. The molecule has 126 valence electrons. The lowest BCUT2D eigenvalue weighted by Gasteiger charge is -2.35. The van der Waals surface area contributed by atoms with Gasteiger partial charge in [0.15, 0.2) is 13.1 Å². The monoisotopic (exact) mass is 316 g/mol. The second-order valence-electron chi connectivity index (χ2n) is 6.14. The number of aliphatic hydroxyl groups is 1. The van der Waals surface area contributed by atoms with Crippen LogP contribution in [0.3, 0.4) is 0 Å². The lowest BCUT2D eigenvalue weighted by molar-refractivity contribution is -0.240. The van der Waals surface area contributed by atoms with Crippen LogP contribution in [0, 0.1) is 11.8 Å². The maximum absolute atomic E-state index is 11.7. The first kappa shape index (κ1) is 16.1. The van der Waals surface area contributed by atoms with Crippen molar-refractivity contribution in [3.63, 3.8) is 0 Å². The van der Waals surface area contributed by atoms with Crippen molar-refractivity contribution < 1.29 is 33.6 Å². The summed E-state index contributed by atoms with van der Waals surface area (Å²) >= 11 is 0. The van der Waals surface area contributed by atoms with E-state index in [2.05, 4.69) is 0 Å². The van der Waals surface area contributed by atoms with Gasteiger partial charge in [-0.1, -0.05) is 0 Å². The number of rotatable bonds is 3. The molecule has 2 heterocycles. The Morgan fingerprint density at radius 2 is 2.05 bits per heavy atom. The van der Waals surface area contributed by atoms with Gasteiger partial charge in [0.1, 0.15) is 0 Å². The van der Waals surface area contributed by atoms with Crippen molar-refractivity contribution in [1.82, 2.24) is 0 Å². The fourth-order valence-electron chi connectivity index (χ4n) is 3.71. The molecule has 0 bridgehead atoms. The summed E-state index contributed by atoms with van der Waals surface area (Å²) in [6.07, 6.45) is 1.15. The molecule has 0 aromatic rings. The van der Waals surface area contributed by atoms with E-state index in [1.807, 2.05) is 0 Å². The first-order valence-electron chi connectivity index (χ1n) is 7.90. The Bertz CT molecular complexity index is 382. The van der Waals surface area contributed by atoms with Gasteiger partial charge in [-0.05, 0) is 12.8 Å². The van der Waals surface area contributed by atoms with Gasteiger partial charge in [0.05, 0.1) is 24.7 Å². The lowest BCUT2D eigenvalue weighted by Crippen LogP contribution is -2.42. The fraction of sp³-hybridized carbons (Fsp3) is 0.933. The average Bonchev–Trinajstić information content (AvgIpc) is 2.78. The average molecular weight is 316 g/mol. The summed E-state index contributed by atoms with van der Waals surface area (Å²) in [4.78, 5) is 11.7. The molecule has 3 fully saturated rings. The van der Waals surface area contributed by atoms with Gasteiger partial charge in [0.2, 0.25) is 0 Å². The van der Waals surface area contributed by atoms with E-state index in [4.69, 9.17) is 23.7 Å². The van der Waals surface area contributed by atoms with Crippen molar-refractivity contribution >= 4 is 5.97 Å². The minimum atomic E-state index is -0.609. The van der Waals surface area contributed by atoms with Crippen molar-refractivity contribution in [1.29, 1.82) is 0 Å². The van der Waals surface area contributed by atoms with Gasteiger partial charge in [0.25, 0.3) is 0 Å². The number of aliphatic hydroxyl groups excluding tert-OH is 1. The number of cyclic esters (lactones) is 1.